The molecule has 0 saturated carbocycles. The minimum Gasteiger partial charge on any atom is -0.0651 e. The van der Waals surface area contributed by atoms with Gasteiger partial charge in [-0.3, -0.25) is 0 Å². The van der Waals surface area contributed by atoms with E-state index in [-0.39, 0.29) is 0 Å². The minimum absolute atomic E-state index is 0.841. The van der Waals surface area contributed by atoms with Crippen LogP contribution in [0.2, 0.25) is 0 Å². The average molecular weight is 198 g/mol. The number of hydrogen-bond donors (Lipinski definition) is 0. The van der Waals surface area contributed by atoms with Crippen LogP contribution < -0.4 is 0 Å². The molecule has 0 aliphatic rings. The summed E-state index contributed by atoms with van der Waals surface area (Å²) in [5.41, 5.74) is 0. The first-order valence-corrected chi connectivity index (χ1v) is 6.49. The van der Waals surface area contributed by atoms with E-state index in [0.29, 0.717) is 0 Å². The van der Waals surface area contributed by atoms with E-state index in [1.165, 1.54) is 25.7 Å². The van der Waals surface area contributed by atoms with Gasteiger partial charge in [0, 0.05) is 0 Å². The molecule has 0 N–H and O–H groups in total. The van der Waals surface area contributed by atoms with Crippen molar-refractivity contribution < 1.29 is 0 Å². The maximum atomic E-state index is 2.42. The van der Waals surface area contributed by atoms with E-state index in [1.807, 2.05) is 0 Å². The third-order valence-electron chi connectivity index (χ3n) is 4.00. The summed E-state index contributed by atoms with van der Waals surface area (Å²) < 4.78 is 0. The second-order valence-electron chi connectivity index (χ2n) is 5.52. The zero-order valence-electron chi connectivity index (χ0n) is 11.1. The molecule has 0 heteroatoms. The summed E-state index contributed by atoms with van der Waals surface area (Å²) in [5, 5.41) is 0. The highest BCUT2D eigenvalue weighted by atomic mass is 14.2. The van der Waals surface area contributed by atoms with Crippen molar-refractivity contribution in [3.63, 3.8) is 0 Å². The molecule has 14 heavy (non-hydrogen) atoms. The van der Waals surface area contributed by atoms with E-state index in [4.69, 9.17) is 0 Å². The second-order valence-corrected chi connectivity index (χ2v) is 5.52. The zero-order valence-corrected chi connectivity index (χ0v) is 11.1. The summed E-state index contributed by atoms with van der Waals surface area (Å²) in [6, 6.07) is 0. The average Bonchev–Trinajstić information content (AvgIpc) is 2.15. The summed E-state index contributed by atoms with van der Waals surface area (Å²) in [4.78, 5) is 0. The van der Waals surface area contributed by atoms with Crippen LogP contribution in [-0.4, -0.2) is 0 Å². The molecule has 0 fully saturated rings. The third-order valence-corrected chi connectivity index (χ3v) is 4.00. The molecule has 3 unspecified atom stereocenters. The Balaban J connectivity index is 3.58. The van der Waals surface area contributed by atoms with Crippen molar-refractivity contribution in [1.29, 1.82) is 0 Å². The Morgan fingerprint density at radius 1 is 0.857 bits per heavy atom. The lowest BCUT2D eigenvalue weighted by Gasteiger charge is -2.23. The first-order chi connectivity index (χ1) is 6.49. The van der Waals surface area contributed by atoms with Gasteiger partial charge >= 0.3 is 0 Å². The van der Waals surface area contributed by atoms with Crippen molar-refractivity contribution in [2.45, 2.75) is 67.2 Å². The Labute approximate surface area is 91.5 Å². The van der Waals surface area contributed by atoms with Gasteiger partial charge in [-0.25, -0.2) is 0 Å². The van der Waals surface area contributed by atoms with Crippen molar-refractivity contribution in [2.24, 2.45) is 23.7 Å². The van der Waals surface area contributed by atoms with E-state index in [1.54, 1.807) is 0 Å². The molecule has 0 amide bonds. The van der Waals surface area contributed by atoms with Crippen molar-refractivity contribution in [3.8, 4) is 0 Å². The normalized spacial score (nSPS) is 18.2. The van der Waals surface area contributed by atoms with Crippen LogP contribution in [0.1, 0.15) is 67.2 Å². The molecule has 0 nitrogen and oxygen atoms in total. The molecule has 0 saturated heterocycles. The van der Waals surface area contributed by atoms with Crippen LogP contribution in [0, 0.1) is 23.7 Å². The Morgan fingerprint density at radius 3 is 1.86 bits per heavy atom. The fourth-order valence-electron chi connectivity index (χ4n) is 1.91. The molecule has 0 rings (SSSR count). The molecule has 0 bridgehead atoms. The minimum atomic E-state index is 0.841. The van der Waals surface area contributed by atoms with E-state index >= 15 is 0 Å². The molecule has 0 aromatic rings. The van der Waals surface area contributed by atoms with E-state index < -0.39 is 0 Å². The highest BCUT2D eigenvalue weighted by Crippen LogP contribution is 2.25. The second kappa shape index (κ2) is 7.31. The maximum absolute atomic E-state index is 2.42. The lowest BCUT2D eigenvalue weighted by Crippen LogP contribution is -2.14. The lowest BCUT2D eigenvalue weighted by molar-refractivity contribution is 0.271. The third kappa shape index (κ3) is 5.67. The summed E-state index contributed by atoms with van der Waals surface area (Å²) in [6.07, 6.45) is 5.61. The fraction of sp³-hybridized carbons (Fsp3) is 1.00. The van der Waals surface area contributed by atoms with Crippen LogP contribution in [0.3, 0.4) is 0 Å². The van der Waals surface area contributed by atoms with Gasteiger partial charge in [-0.2, -0.15) is 0 Å². The van der Waals surface area contributed by atoms with Crippen LogP contribution in [0.25, 0.3) is 0 Å². The van der Waals surface area contributed by atoms with Gasteiger partial charge in [0.25, 0.3) is 0 Å². The standard InChI is InChI=1S/C14H30/c1-7-12(4)9-8-10-13(5)14(6)11(2)3/h11-14H,7-10H2,1-6H3. The van der Waals surface area contributed by atoms with Gasteiger partial charge in [0.1, 0.15) is 0 Å². The largest absolute Gasteiger partial charge is 0.0651 e. The highest BCUT2D eigenvalue weighted by Gasteiger charge is 2.15. The van der Waals surface area contributed by atoms with Crippen molar-refractivity contribution >= 4 is 0 Å². The van der Waals surface area contributed by atoms with Crippen LogP contribution in [0.15, 0.2) is 0 Å². The van der Waals surface area contributed by atoms with Crippen LogP contribution in [-0.2, 0) is 0 Å². The lowest BCUT2D eigenvalue weighted by atomic mass is 9.82. The van der Waals surface area contributed by atoms with Crippen LogP contribution in [0.4, 0.5) is 0 Å². The molecule has 86 valence electrons. The van der Waals surface area contributed by atoms with Gasteiger partial charge in [-0.1, -0.05) is 67.2 Å². The molecular weight excluding hydrogens is 168 g/mol. The Hall–Kier alpha value is 0. The zero-order chi connectivity index (χ0) is 11.1. The monoisotopic (exact) mass is 198 g/mol. The Kier molecular flexibility index (Phi) is 7.31. The van der Waals surface area contributed by atoms with Gasteiger partial charge in [-0.15, -0.1) is 0 Å². The predicted molar refractivity (Wildman–Crippen MR) is 66.5 cm³/mol. The highest BCUT2D eigenvalue weighted by molar-refractivity contribution is 4.65. The molecule has 0 aromatic carbocycles. The van der Waals surface area contributed by atoms with E-state index in [9.17, 15) is 0 Å². The molecular formula is C14H30. The summed E-state index contributed by atoms with van der Waals surface area (Å²) in [5.74, 6) is 3.55. The number of hydrogen-bond acceptors (Lipinski definition) is 0. The van der Waals surface area contributed by atoms with Gasteiger partial charge in [0.05, 0.1) is 0 Å². The first kappa shape index (κ1) is 14.0. The Morgan fingerprint density at radius 2 is 1.43 bits per heavy atom. The quantitative estimate of drug-likeness (QED) is 0.532. The van der Waals surface area contributed by atoms with Crippen LogP contribution >= 0.6 is 0 Å². The molecule has 0 aliphatic heterocycles. The fourth-order valence-corrected chi connectivity index (χ4v) is 1.91. The molecule has 0 aliphatic carbocycles. The molecule has 0 radical (unpaired) electrons. The summed E-state index contributed by atoms with van der Waals surface area (Å²) in [7, 11) is 0. The SMILES string of the molecule is CCC(C)CCCC(C)C(C)C(C)C. The summed E-state index contributed by atoms with van der Waals surface area (Å²) >= 11 is 0. The molecule has 0 heterocycles. The summed E-state index contributed by atoms with van der Waals surface area (Å²) in [6.45, 7) is 14.2. The van der Waals surface area contributed by atoms with Crippen LogP contribution in [0.5, 0.6) is 0 Å². The first-order valence-electron chi connectivity index (χ1n) is 6.49. The number of rotatable bonds is 7. The maximum Gasteiger partial charge on any atom is -0.0394 e. The van der Waals surface area contributed by atoms with Gasteiger partial charge in [-0.05, 0) is 23.7 Å². The molecule has 0 spiro atoms. The molecule has 3 atom stereocenters. The van der Waals surface area contributed by atoms with Crippen molar-refractivity contribution in [1.82, 2.24) is 0 Å². The van der Waals surface area contributed by atoms with Gasteiger partial charge in [0.2, 0.25) is 0 Å². The Bertz CT molecular complexity index is 126. The molecule has 0 aromatic heterocycles. The smallest absolute Gasteiger partial charge is 0.0394 e. The van der Waals surface area contributed by atoms with E-state index in [0.717, 1.165) is 23.7 Å². The van der Waals surface area contributed by atoms with E-state index in [2.05, 4.69) is 41.5 Å². The predicted octanol–water partition coefficient (Wildman–Crippen LogP) is 5.13. The topological polar surface area (TPSA) is 0 Å². The van der Waals surface area contributed by atoms with Gasteiger partial charge in [0.15, 0.2) is 0 Å². The van der Waals surface area contributed by atoms with Gasteiger partial charge < -0.3 is 0 Å². The van der Waals surface area contributed by atoms with Crippen molar-refractivity contribution in [3.05, 3.63) is 0 Å². The van der Waals surface area contributed by atoms with Crippen molar-refractivity contribution in [2.75, 3.05) is 0 Å².